The summed E-state index contributed by atoms with van der Waals surface area (Å²) in [4.78, 5) is 21.4. The molecule has 1 saturated heterocycles. The van der Waals surface area contributed by atoms with Gasteiger partial charge in [-0.25, -0.2) is 4.98 Å². The summed E-state index contributed by atoms with van der Waals surface area (Å²) in [7, 11) is 1.53. The van der Waals surface area contributed by atoms with Crippen LogP contribution in [0.2, 0.25) is 5.15 Å². The van der Waals surface area contributed by atoms with Crippen LogP contribution in [-0.2, 0) is 4.74 Å². The number of hydrogen-bond acceptors (Lipinski definition) is 9. The molecule has 2 fully saturated rings. The molecule has 0 aromatic carbocycles. The van der Waals surface area contributed by atoms with Gasteiger partial charge in [-0.2, -0.15) is 0 Å². The van der Waals surface area contributed by atoms with Crippen molar-refractivity contribution in [3.05, 3.63) is 40.9 Å². The van der Waals surface area contributed by atoms with Gasteiger partial charge in [-0.05, 0) is 43.2 Å². The van der Waals surface area contributed by atoms with Gasteiger partial charge in [0, 0.05) is 29.4 Å². The fraction of sp³-hybridized carbons (Fsp3) is 0.381. The number of aromatic nitrogens is 4. The molecule has 1 aliphatic carbocycles. The molecule has 3 aromatic rings. The number of rotatable bonds is 6. The molecule has 9 nitrogen and oxygen atoms in total. The summed E-state index contributed by atoms with van der Waals surface area (Å²) in [5.74, 6) is 0.110. The Morgan fingerprint density at radius 2 is 2.09 bits per heavy atom. The Bertz CT molecular complexity index is 1180. The summed E-state index contributed by atoms with van der Waals surface area (Å²) in [6, 6.07) is 3.45. The van der Waals surface area contributed by atoms with E-state index in [0.29, 0.717) is 39.4 Å². The molecule has 1 aliphatic heterocycles. The lowest BCUT2D eigenvalue weighted by Crippen LogP contribution is -2.16. The molecule has 3 aromatic heterocycles. The summed E-state index contributed by atoms with van der Waals surface area (Å²) in [6.07, 6.45) is 6.03. The number of carbonyl (C=O) groups excluding carboxylic acids is 1. The van der Waals surface area contributed by atoms with E-state index in [1.54, 1.807) is 12.1 Å². The van der Waals surface area contributed by atoms with E-state index in [2.05, 4.69) is 25.5 Å². The molecule has 4 heterocycles. The van der Waals surface area contributed by atoms with Crippen LogP contribution < -0.4 is 14.8 Å². The lowest BCUT2D eigenvalue weighted by molar-refractivity contribution is 0.0783. The first-order valence-corrected chi connectivity index (χ1v) is 11.3. The number of aryl methyl sites for hydroxylation is 1. The van der Waals surface area contributed by atoms with Crippen molar-refractivity contribution in [1.29, 1.82) is 0 Å². The third-order valence-electron chi connectivity index (χ3n) is 5.51. The largest absolute Gasteiger partial charge is 0.494 e. The summed E-state index contributed by atoms with van der Waals surface area (Å²) < 4.78 is 17.1. The fourth-order valence-electron chi connectivity index (χ4n) is 3.74. The lowest BCUT2D eigenvalue weighted by Gasteiger charge is -2.13. The molecule has 1 unspecified atom stereocenters. The average molecular weight is 474 g/mol. The van der Waals surface area contributed by atoms with Crippen molar-refractivity contribution < 1.29 is 19.0 Å². The Hall–Kier alpha value is -2.82. The highest BCUT2D eigenvalue weighted by atomic mass is 35.5. The maximum atomic E-state index is 13.1. The number of nitrogens with one attached hydrogen (secondary N) is 1. The maximum Gasteiger partial charge on any atom is 0.296 e. The Morgan fingerprint density at radius 1 is 1.25 bits per heavy atom. The second-order valence-electron chi connectivity index (χ2n) is 7.84. The van der Waals surface area contributed by atoms with Crippen molar-refractivity contribution >= 4 is 34.0 Å². The van der Waals surface area contributed by atoms with Crippen LogP contribution in [-0.4, -0.2) is 51.5 Å². The highest BCUT2D eigenvalue weighted by Gasteiger charge is 2.51. The molecule has 11 heteroatoms. The molecule has 1 saturated carbocycles. The van der Waals surface area contributed by atoms with E-state index in [-0.39, 0.29) is 22.8 Å². The zero-order valence-electron chi connectivity index (χ0n) is 17.4. The van der Waals surface area contributed by atoms with Crippen LogP contribution in [0.15, 0.2) is 24.5 Å². The molecule has 1 atom stereocenters. The third-order valence-corrected chi connectivity index (χ3v) is 6.44. The van der Waals surface area contributed by atoms with E-state index in [4.69, 9.17) is 25.8 Å². The van der Waals surface area contributed by atoms with Gasteiger partial charge in [-0.1, -0.05) is 16.7 Å². The monoisotopic (exact) mass is 473 g/mol. The Labute approximate surface area is 193 Å². The number of ether oxygens (including phenoxy) is 3. The van der Waals surface area contributed by atoms with E-state index in [0.717, 1.165) is 25.0 Å². The van der Waals surface area contributed by atoms with Crippen molar-refractivity contribution in [2.45, 2.75) is 37.9 Å². The number of amides is 1. The molecule has 5 rings (SSSR count). The zero-order valence-corrected chi connectivity index (χ0v) is 19.0. The van der Waals surface area contributed by atoms with Gasteiger partial charge in [0.1, 0.15) is 17.0 Å². The van der Waals surface area contributed by atoms with Crippen LogP contribution in [0.1, 0.15) is 35.3 Å². The van der Waals surface area contributed by atoms with E-state index >= 15 is 0 Å². The summed E-state index contributed by atoms with van der Waals surface area (Å²) >= 11 is 7.27. The zero-order chi connectivity index (χ0) is 22.3. The molecule has 1 N–H and O–H groups in total. The second kappa shape index (κ2) is 8.27. The number of anilines is 1. The maximum absolute atomic E-state index is 13.1. The van der Waals surface area contributed by atoms with Crippen LogP contribution in [0.5, 0.6) is 10.9 Å². The lowest BCUT2D eigenvalue weighted by atomic mass is 10.0. The predicted octanol–water partition coefficient (Wildman–Crippen LogP) is 3.92. The van der Waals surface area contributed by atoms with Crippen LogP contribution in [0, 0.1) is 6.92 Å². The number of carbonyl (C=O) groups is 1. The summed E-state index contributed by atoms with van der Waals surface area (Å²) in [5.41, 5.74) is 2.37. The first-order valence-electron chi connectivity index (χ1n) is 10.1. The molecular formula is C21H20ClN5O4S. The minimum Gasteiger partial charge on any atom is -0.494 e. The molecule has 0 bridgehead atoms. The molecule has 166 valence electrons. The molecule has 1 spiro atoms. The first kappa shape index (κ1) is 21.0. The number of nitrogens with zero attached hydrogens (tertiary/aromatic N) is 4. The number of halogens is 1. The van der Waals surface area contributed by atoms with E-state index in [1.165, 1.54) is 30.8 Å². The summed E-state index contributed by atoms with van der Waals surface area (Å²) in [5, 5.41) is 11.9. The number of hydrogen-bond donors (Lipinski definition) is 1. The molecule has 32 heavy (non-hydrogen) atoms. The molecule has 0 radical (unpaired) electrons. The Morgan fingerprint density at radius 3 is 2.84 bits per heavy atom. The number of pyridine rings is 2. The van der Waals surface area contributed by atoms with E-state index in [1.807, 2.05) is 6.92 Å². The third kappa shape index (κ3) is 4.25. The van der Waals surface area contributed by atoms with Gasteiger partial charge >= 0.3 is 0 Å². The van der Waals surface area contributed by atoms with Crippen molar-refractivity contribution in [3.63, 3.8) is 0 Å². The molecule has 1 amide bonds. The molecular weight excluding hydrogens is 454 g/mol. The SMILES string of the molecule is COc1cnc(Cl)cc1-c1cc(C)ncc1C(=O)Nc1nnc(OC2COC3(CC3)C2)s1. The van der Waals surface area contributed by atoms with Gasteiger partial charge in [-0.3, -0.25) is 15.1 Å². The van der Waals surface area contributed by atoms with Crippen LogP contribution >= 0.6 is 22.9 Å². The van der Waals surface area contributed by atoms with E-state index < -0.39 is 0 Å². The standard InChI is InChI=1S/C21H20ClN5O4S/c1-11-5-13(14-6-17(22)24-9-16(14)29-2)15(8-23-11)18(28)25-19-26-27-20(32-19)31-12-7-21(3-4-21)30-10-12/h5-6,8-9,12H,3-4,7,10H2,1-2H3,(H,25,26,28). The predicted molar refractivity (Wildman–Crippen MR) is 119 cm³/mol. The van der Waals surface area contributed by atoms with Crippen molar-refractivity contribution in [3.8, 4) is 22.1 Å². The second-order valence-corrected chi connectivity index (χ2v) is 9.17. The van der Waals surface area contributed by atoms with Crippen molar-refractivity contribution in [2.24, 2.45) is 0 Å². The van der Waals surface area contributed by atoms with Gasteiger partial charge in [0.05, 0.1) is 31.1 Å². The Kier molecular flexibility index (Phi) is 5.44. The fourth-order valence-corrected chi connectivity index (χ4v) is 4.55. The minimum absolute atomic E-state index is 0.0259. The topological polar surface area (TPSA) is 108 Å². The van der Waals surface area contributed by atoms with Gasteiger partial charge in [0.2, 0.25) is 5.13 Å². The van der Waals surface area contributed by atoms with E-state index in [9.17, 15) is 4.79 Å². The van der Waals surface area contributed by atoms with Crippen LogP contribution in [0.3, 0.4) is 0 Å². The van der Waals surface area contributed by atoms with Gasteiger partial charge in [0.15, 0.2) is 0 Å². The van der Waals surface area contributed by atoms with Gasteiger partial charge in [-0.15, -0.1) is 5.10 Å². The smallest absolute Gasteiger partial charge is 0.296 e. The Balaban J connectivity index is 1.35. The quantitative estimate of drug-likeness (QED) is 0.536. The van der Waals surface area contributed by atoms with Gasteiger partial charge < -0.3 is 14.2 Å². The van der Waals surface area contributed by atoms with Crippen LogP contribution in [0.4, 0.5) is 5.13 Å². The highest BCUT2D eigenvalue weighted by Crippen LogP contribution is 2.48. The normalized spacial score (nSPS) is 18.5. The first-order chi connectivity index (χ1) is 15.4. The highest BCUT2D eigenvalue weighted by molar-refractivity contribution is 7.17. The molecule has 2 aliphatic rings. The van der Waals surface area contributed by atoms with Crippen molar-refractivity contribution in [2.75, 3.05) is 19.0 Å². The minimum atomic E-state index is -0.383. The number of methoxy groups -OCH3 is 1. The summed E-state index contributed by atoms with van der Waals surface area (Å²) in [6.45, 7) is 2.39. The van der Waals surface area contributed by atoms with Crippen molar-refractivity contribution in [1.82, 2.24) is 20.2 Å². The van der Waals surface area contributed by atoms with Crippen LogP contribution in [0.25, 0.3) is 11.1 Å². The van der Waals surface area contributed by atoms with Gasteiger partial charge in [0.25, 0.3) is 11.1 Å². The average Bonchev–Trinajstić information content (AvgIpc) is 3.20.